The quantitative estimate of drug-likeness (QED) is 0.624. The van der Waals surface area contributed by atoms with Gasteiger partial charge in [-0.15, -0.1) is 0 Å². The SMILES string of the molecule is COc1ccc(Br)c(CC2CCN(CC3COC(=O)N(CC4CC4)C3)CC2)c1. The predicted octanol–water partition coefficient (Wildman–Crippen LogP) is 4.19. The molecule has 0 aromatic heterocycles. The van der Waals surface area contributed by atoms with E-state index in [4.69, 9.17) is 9.47 Å². The number of amides is 1. The lowest BCUT2D eigenvalue weighted by molar-refractivity contribution is 0.0254. The lowest BCUT2D eigenvalue weighted by Gasteiger charge is -2.38. The normalized spacial score (nSPS) is 24.3. The second kappa shape index (κ2) is 9.04. The van der Waals surface area contributed by atoms with E-state index in [-0.39, 0.29) is 6.09 Å². The van der Waals surface area contributed by atoms with Crippen molar-refractivity contribution in [1.29, 1.82) is 0 Å². The summed E-state index contributed by atoms with van der Waals surface area (Å²) in [6.45, 7) is 5.66. The molecule has 154 valence electrons. The Kier molecular flexibility index (Phi) is 6.46. The summed E-state index contributed by atoms with van der Waals surface area (Å²) < 4.78 is 12.0. The maximum absolute atomic E-state index is 12.0. The lowest BCUT2D eigenvalue weighted by Crippen LogP contribution is -2.48. The van der Waals surface area contributed by atoms with Gasteiger partial charge in [-0.25, -0.2) is 4.79 Å². The van der Waals surface area contributed by atoms with E-state index in [9.17, 15) is 4.79 Å². The van der Waals surface area contributed by atoms with E-state index in [0.29, 0.717) is 12.5 Å². The van der Waals surface area contributed by atoms with E-state index >= 15 is 0 Å². The smallest absolute Gasteiger partial charge is 0.409 e. The molecule has 0 bridgehead atoms. The summed E-state index contributed by atoms with van der Waals surface area (Å²) in [7, 11) is 1.72. The Morgan fingerprint density at radius 1 is 1.11 bits per heavy atom. The van der Waals surface area contributed by atoms with Gasteiger partial charge < -0.3 is 19.3 Å². The van der Waals surface area contributed by atoms with Crippen molar-refractivity contribution < 1.29 is 14.3 Å². The predicted molar refractivity (Wildman–Crippen MR) is 113 cm³/mol. The van der Waals surface area contributed by atoms with E-state index in [1.165, 1.54) is 35.7 Å². The summed E-state index contributed by atoms with van der Waals surface area (Å²) in [6.07, 6.45) is 5.98. The third-order valence-corrected chi connectivity index (χ3v) is 7.11. The van der Waals surface area contributed by atoms with Crippen LogP contribution in [0.25, 0.3) is 0 Å². The summed E-state index contributed by atoms with van der Waals surface area (Å²) in [5.74, 6) is 2.81. The number of carbonyl (C=O) groups is 1. The second-order valence-electron chi connectivity index (χ2n) is 8.70. The highest BCUT2D eigenvalue weighted by Gasteiger charge is 2.33. The zero-order valence-electron chi connectivity index (χ0n) is 16.7. The number of hydrogen-bond donors (Lipinski definition) is 0. The number of hydrogen-bond acceptors (Lipinski definition) is 4. The number of halogens is 1. The molecule has 1 aromatic carbocycles. The third-order valence-electron chi connectivity index (χ3n) is 6.34. The molecule has 1 atom stereocenters. The minimum atomic E-state index is -0.106. The minimum Gasteiger partial charge on any atom is -0.497 e. The fraction of sp³-hybridized carbons (Fsp3) is 0.682. The maximum atomic E-state index is 12.0. The molecule has 6 heteroatoms. The molecule has 4 rings (SSSR count). The van der Waals surface area contributed by atoms with Crippen LogP contribution in [-0.2, 0) is 11.2 Å². The summed E-state index contributed by atoms with van der Waals surface area (Å²) in [5.41, 5.74) is 1.34. The Labute approximate surface area is 176 Å². The summed E-state index contributed by atoms with van der Waals surface area (Å²) >= 11 is 3.68. The number of ether oxygens (including phenoxy) is 2. The molecule has 5 nitrogen and oxygen atoms in total. The monoisotopic (exact) mass is 450 g/mol. The number of cyclic esters (lactones) is 1. The van der Waals surface area contributed by atoms with Crippen LogP contribution in [0.2, 0.25) is 0 Å². The molecule has 1 aromatic rings. The molecule has 3 fully saturated rings. The molecule has 2 heterocycles. The van der Waals surface area contributed by atoms with Crippen molar-refractivity contribution in [2.75, 3.05) is 46.4 Å². The summed E-state index contributed by atoms with van der Waals surface area (Å²) in [5, 5.41) is 0. The van der Waals surface area contributed by atoms with Gasteiger partial charge in [-0.1, -0.05) is 15.9 Å². The minimum absolute atomic E-state index is 0.106. The van der Waals surface area contributed by atoms with Crippen molar-refractivity contribution in [2.24, 2.45) is 17.8 Å². The Morgan fingerprint density at radius 2 is 1.89 bits per heavy atom. The Morgan fingerprint density at radius 3 is 2.61 bits per heavy atom. The highest BCUT2D eigenvalue weighted by atomic mass is 79.9. The number of likely N-dealkylation sites (tertiary alicyclic amines) is 1. The van der Waals surface area contributed by atoms with Crippen molar-refractivity contribution in [3.63, 3.8) is 0 Å². The molecule has 28 heavy (non-hydrogen) atoms. The number of piperidine rings is 1. The molecule has 1 aliphatic carbocycles. The standard InChI is InChI=1S/C22H31BrN2O3/c1-27-20-4-5-21(23)19(11-20)10-16-6-8-24(9-7-16)12-18-14-25(13-17-2-3-17)22(26)28-15-18/h4-5,11,16-18H,2-3,6-10,12-15H2,1H3. The van der Waals surface area contributed by atoms with Crippen molar-refractivity contribution in [3.05, 3.63) is 28.2 Å². The van der Waals surface area contributed by atoms with Crippen LogP contribution in [0.1, 0.15) is 31.2 Å². The van der Waals surface area contributed by atoms with Gasteiger partial charge in [-0.3, -0.25) is 0 Å². The van der Waals surface area contributed by atoms with Crippen LogP contribution in [0.15, 0.2) is 22.7 Å². The van der Waals surface area contributed by atoms with Crippen LogP contribution >= 0.6 is 15.9 Å². The largest absolute Gasteiger partial charge is 0.497 e. The van der Waals surface area contributed by atoms with Crippen LogP contribution in [0, 0.1) is 17.8 Å². The Hall–Kier alpha value is -1.27. The van der Waals surface area contributed by atoms with Crippen LogP contribution in [0.4, 0.5) is 4.79 Å². The fourth-order valence-corrected chi connectivity index (χ4v) is 4.88. The van der Waals surface area contributed by atoms with Gasteiger partial charge in [0.2, 0.25) is 0 Å². The zero-order valence-corrected chi connectivity index (χ0v) is 18.3. The van der Waals surface area contributed by atoms with Crippen LogP contribution in [-0.4, -0.2) is 62.3 Å². The Bertz CT molecular complexity index is 686. The van der Waals surface area contributed by atoms with Gasteiger partial charge in [0.15, 0.2) is 0 Å². The van der Waals surface area contributed by atoms with Crippen LogP contribution in [0.5, 0.6) is 5.75 Å². The average molecular weight is 451 g/mol. The van der Waals surface area contributed by atoms with E-state index in [1.807, 2.05) is 11.0 Å². The van der Waals surface area contributed by atoms with Crippen molar-refractivity contribution >= 4 is 22.0 Å². The molecule has 0 radical (unpaired) electrons. The van der Waals surface area contributed by atoms with Gasteiger partial charge in [0.05, 0.1) is 13.7 Å². The van der Waals surface area contributed by atoms with Crippen molar-refractivity contribution in [3.8, 4) is 5.75 Å². The van der Waals surface area contributed by atoms with Crippen molar-refractivity contribution in [2.45, 2.75) is 32.1 Å². The molecule has 1 saturated carbocycles. The summed E-state index contributed by atoms with van der Waals surface area (Å²) in [6, 6.07) is 6.24. The van der Waals surface area contributed by atoms with E-state index in [2.05, 4.69) is 33.0 Å². The highest BCUT2D eigenvalue weighted by molar-refractivity contribution is 9.10. The first-order valence-electron chi connectivity index (χ1n) is 10.6. The molecule has 1 amide bonds. The van der Waals surface area contributed by atoms with Gasteiger partial charge >= 0.3 is 6.09 Å². The maximum Gasteiger partial charge on any atom is 0.409 e. The van der Waals surface area contributed by atoms with Gasteiger partial charge in [0.25, 0.3) is 0 Å². The van der Waals surface area contributed by atoms with Crippen LogP contribution < -0.4 is 4.74 Å². The molecule has 0 N–H and O–H groups in total. The number of carbonyl (C=O) groups excluding carboxylic acids is 1. The number of nitrogens with zero attached hydrogens (tertiary/aromatic N) is 2. The zero-order chi connectivity index (χ0) is 19.5. The molecule has 2 aliphatic heterocycles. The first-order chi connectivity index (χ1) is 13.6. The van der Waals surface area contributed by atoms with Gasteiger partial charge in [0, 0.05) is 30.0 Å². The number of benzene rings is 1. The third kappa shape index (κ3) is 5.20. The van der Waals surface area contributed by atoms with E-state index < -0.39 is 0 Å². The van der Waals surface area contributed by atoms with Gasteiger partial charge in [0.1, 0.15) is 5.75 Å². The molecule has 1 unspecified atom stereocenters. The molecule has 3 aliphatic rings. The first-order valence-corrected chi connectivity index (χ1v) is 11.4. The summed E-state index contributed by atoms with van der Waals surface area (Å²) in [4.78, 5) is 16.5. The number of rotatable bonds is 7. The molecular formula is C22H31BrN2O3. The molecular weight excluding hydrogens is 420 g/mol. The molecule has 2 saturated heterocycles. The highest BCUT2D eigenvalue weighted by Crippen LogP contribution is 2.32. The average Bonchev–Trinajstić information content (AvgIpc) is 3.52. The van der Waals surface area contributed by atoms with E-state index in [0.717, 1.165) is 56.7 Å². The molecule has 0 spiro atoms. The van der Waals surface area contributed by atoms with Gasteiger partial charge in [-0.05, 0) is 80.8 Å². The van der Waals surface area contributed by atoms with Crippen molar-refractivity contribution in [1.82, 2.24) is 9.80 Å². The number of methoxy groups -OCH3 is 1. The fourth-order valence-electron chi connectivity index (χ4n) is 4.47. The lowest BCUT2D eigenvalue weighted by atomic mass is 9.89. The topological polar surface area (TPSA) is 42.0 Å². The van der Waals surface area contributed by atoms with Crippen LogP contribution in [0.3, 0.4) is 0 Å². The van der Waals surface area contributed by atoms with E-state index in [1.54, 1.807) is 7.11 Å². The Balaban J connectivity index is 1.23. The van der Waals surface area contributed by atoms with Gasteiger partial charge in [-0.2, -0.15) is 0 Å². The second-order valence-corrected chi connectivity index (χ2v) is 9.55. The first kappa shape index (κ1) is 20.0.